The van der Waals surface area contributed by atoms with E-state index in [0.717, 1.165) is 5.56 Å². The van der Waals surface area contributed by atoms with Crippen molar-refractivity contribution in [3.63, 3.8) is 0 Å². The second-order valence-electron chi connectivity index (χ2n) is 6.72. The molecule has 4 aromatic rings. The van der Waals surface area contributed by atoms with Gasteiger partial charge in [0.05, 0.1) is 16.8 Å². The summed E-state index contributed by atoms with van der Waals surface area (Å²) in [7, 11) is 0. The number of aromatic nitrogens is 3. The number of imidazole rings is 1. The number of nitrogens with zero attached hydrogens (tertiary/aromatic N) is 1. The van der Waals surface area contributed by atoms with Crippen molar-refractivity contribution in [2.24, 2.45) is 0 Å². The minimum absolute atomic E-state index is 0.260. The van der Waals surface area contributed by atoms with Crippen LogP contribution in [0.25, 0.3) is 22.4 Å². The minimum atomic E-state index is -0.327. The van der Waals surface area contributed by atoms with Gasteiger partial charge in [-0.3, -0.25) is 9.59 Å². The minimum Gasteiger partial charge on any atom is -0.385 e. The lowest BCUT2D eigenvalue weighted by Crippen LogP contribution is -2.23. The zero-order valence-corrected chi connectivity index (χ0v) is 16.3. The first-order valence-electron chi connectivity index (χ1n) is 9.54. The van der Waals surface area contributed by atoms with E-state index in [1.54, 1.807) is 42.6 Å². The molecule has 0 saturated heterocycles. The molecule has 0 fully saturated rings. The van der Waals surface area contributed by atoms with Crippen LogP contribution >= 0.6 is 0 Å². The molecule has 4 rings (SSSR count). The number of halogens is 1. The number of rotatable bonds is 6. The lowest BCUT2D eigenvalue weighted by atomic mass is 10.1. The van der Waals surface area contributed by atoms with Crippen LogP contribution in [0.15, 0.2) is 59.5 Å². The summed E-state index contributed by atoms with van der Waals surface area (Å²) in [6.07, 6.45) is 1.57. The molecule has 2 aromatic heterocycles. The summed E-state index contributed by atoms with van der Waals surface area (Å²) in [5.74, 6) is -0.259. The first kappa shape index (κ1) is 19.4. The molecular formula is C22H20FN5O2. The average molecular weight is 405 g/mol. The molecule has 4 N–H and O–H groups in total. The number of nitrogens with one attached hydrogen (secondary N) is 4. The highest BCUT2D eigenvalue weighted by molar-refractivity contribution is 6.05. The standard InChI is InChI=1S/C22H20FN5O2/c1-2-24-16-10-11-25-22(30)18(16)20-27-17-5-3-4-15(19(17)28-20)21(29)26-12-13-6-8-14(23)9-7-13/h3-11H,2,12H2,1H3,(H,26,29)(H,27,28)(H2,24,25,30). The monoisotopic (exact) mass is 405 g/mol. The van der Waals surface area contributed by atoms with Crippen molar-refractivity contribution in [3.05, 3.63) is 82.0 Å². The van der Waals surface area contributed by atoms with E-state index in [1.165, 1.54) is 12.1 Å². The second-order valence-corrected chi connectivity index (χ2v) is 6.72. The predicted molar refractivity (Wildman–Crippen MR) is 114 cm³/mol. The van der Waals surface area contributed by atoms with E-state index in [9.17, 15) is 14.0 Å². The summed E-state index contributed by atoms with van der Waals surface area (Å²) in [5, 5.41) is 5.98. The van der Waals surface area contributed by atoms with Gasteiger partial charge in [-0.2, -0.15) is 0 Å². The summed E-state index contributed by atoms with van der Waals surface area (Å²) in [5.41, 5.74) is 3.03. The number of pyridine rings is 1. The molecule has 0 aliphatic heterocycles. The molecule has 0 aliphatic carbocycles. The molecule has 7 nitrogen and oxygen atoms in total. The first-order chi connectivity index (χ1) is 14.6. The number of anilines is 1. The van der Waals surface area contributed by atoms with Gasteiger partial charge in [-0.1, -0.05) is 18.2 Å². The zero-order valence-electron chi connectivity index (χ0n) is 16.3. The Hall–Kier alpha value is -3.94. The molecule has 152 valence electrons. The molecule has 0 unspecified atom stereocenters. The van der Waals surface area contributed by atoms with Gasteiger partial charge in [0.15, 0.2) is 0 Å². The summed E-state index contributed by atoms with van der Waals surface area (Å²) in [6, 6.07) is 12.9. The Labute approximate surface area is 171 Å². The number of para-hydroxylation sites is 1. The predicted octanol–water partition coefficient (Wildman–Crippen LogP) is 3.42. The Kier molecular flexibility index (Phi) is 5.30. The lowest BCUT2D eigenvalue weighted by Gasteiger charge is -2.07. The van der Waals surface area contributed by atoms with Crippen molar-refractivity contribution in [1.29, 1.82) is 0 Å². The molecular weight excluding hydrogens is 385 g/mol. The number of carbonyl (C=O) groups is 1. The fourth-order valence-corrected chi connectivity index (χ4v) is 3.26. The summed E-state index contributed by atoms with van der Waals surface area (Å²) in [6.45, 7) is 2.84. The zero-order chi connectivity index (χ0) is 21.1. The SMILES string of the molecule is CCNc1cc[nH]c(=O)c1-c1nc2c(C(=O)NCc3ccc(F)cc3)cccc2[nH]1. The van der Waals surface area contributed by atoms with Gasteiger partial charge < -0.3 is 20.6 Å². The van der Waals surface area contributed by atoms with Crippen molar-refractivity contribution in [2.45, 2.75) is 13.5 Å². The third-order valence-corrected chi connectivity index (χ3v) is 4.69. The van der Waals surface area contributed by atoms with Crippen molar-refractivity contribution in [2.75, 3.05) is 11.9 Å². The number of H-pyrrole nitrogens is 2. The number of benzene rings is 2. The van der Waals surface area contributed by atoms with Gasteiger partial charge in [-0.05, 0) is 42.8 Å². The van der Waals surface area contributed by atoms with Crippen LogP contribution in [0.4, 0.5) is 10.1 Å². The highest BCUT2D eigenvalue weighted by Crippen LogP contribution is 2.25. The Morgan fingerprint density at radius 1 is 1.13 bits per heavy atom. The van der Waals surface area contributed by atoms with Crippen molar-refractivity contribution < 1.29 is 9.18 Å². The third-order valence-electron chi connectivity index (χ3n) is 4.69. The summed E-state index contributed by atoms with van der Waals surface area (Å²) in [4.78, 5) is 35.5. The molecule has 0 atom stereocenters. The maximum atomic E-state index is 13.0. The topological polar surface area (TPSA) is 103 Å². The fraction of sp³-hybridized carbons (Fsp3) is 0.136. The van der Waals surface area contributed by atoms with Crippen LogP contribution in [0.3, 0.4) is 0 Å². The molecule has 8 heteroatoms. The third kappa shape index (κ3) is 3.80. The van der Waals surface area contributed by atoms with Gasteiger partial charge in [0.1, 0.15) is 22.7 Å². The van der Waals surface area contributed by atoms with Crippen LogP contribution in [-0.2, 0) is 6.54 Å². The number of fused-ring (bicyclic) bond motifs is 1. The van der Waals surface area contributed by atoms with Gasteiger partial charge in [0.25, 0.3) is 11.5 Å². The quantitative estimate of drug-likeness (QED) is 0.395. The maximum absolute atomic E-state index is 13.0. The van der Waals surface area contributed by atoms with Crippen molar-refractivity contribution in [1.82, 2.24) is 20.3 Å². The smallest absolute Gasteiger partial charge is 0.261 e. The van der Waals surface area contributed by atoms with E-state index in [-0.39, 0.29) is 23.8 Å². The molecule has 0 spiro atoms. The van der Waals surface area contributed by atoms with E-state index >= 15 is 0 Å². The second kappa shape index (κ2) is 8.20. The highest BCUT2D eigenvalue weighted by atomic mass is 19.1. The normalized spacial score (nSPS) is 10.9. The van der Waals surface area contributed by atoms with Crippen molar-refractivity contribution >= 4 is 22.6 Å². The molecule has 0 bridgehead atoms. The van der Waals surface area contributed by atoms with Gasteiger partial charge in [-0.15, -0.1) is 0 Å². The number of hydrogen-bond donors (Lipinski definition) is 4. The van der Waals surface area contributed by atoms with Crippen LogP contribution in [0, 0.1) is 5.82 Å². The molecule has 0 radical (unpaired) electrons. The Balaban J connectivity index is 1.67. The molecule has 30 heavy (non-hydrogen) atoms. The van der Waals surface area contributed by atoms with Gasteiger partial charge in [0.2, 0.25) is 0 Å². The average Bonchev–Trinajstić information content (AvgIpc) is 3.17. The number of hydrogen-bond acceptors (Lipinski definition) is 4. The maximum Gasteiger partial charge on any atom is 0.261 e. The molecule has 1 amide bonds. The van der Waals surface area contributed by atoms with Crippen LogP contribution in [-0.4, -0.2) is 27.4 Å². The van der Waals surface area contributed by atoms with E-state index in [1.807, 2.05) is 6.92 Å². The first-order valence-corrected chi connectivity index (χ1v) is 9.54. The van der Waals surface area contributed by atoms with E-state index < -0.39 is 0 Å². The largest absolute Gasteiger partial charge is 0.385 e. The van der Waals surface area contributed by atoms with Gasteiger partial charge in [-0.25, -0.2) is 9.37 Å². The van der Waals surface area contributed by atoms with Gasteiger partial charge in [0, 0.05) is 19.3 Å². The molecule has 2 heterocycles. The Bertz CT molecular complexity index is 1260. The van der Waals surface area contributed by atoms with E-state index in [4.69, 9.17) is 0 Å². The van der Waals surface area contributed by atoms with Gasteiger partial charge >= 0.3 is 0 Å². The van der Waals surface area contributed by atoms with E-state index in [2.05, 4.69) is 25.6 Å². The highest BCUT2D eigenvalue weighted by Gasteiger charge is 2.18. The van der Waals surface area contributed by atoms with Crippen LogP contribution in [0.1, 0.15) is 22.8 Å². The molecule has 0 aliphatic rings. The van der Waals surface area contributed by atoms with Crippen LogP contribution < -0.4 is 16.2 Å². The fourth-order valence-electron chi connectivity index (χ4n) is 3.26. The Morgan fingerprint density at radius 2 is 1.93 bits per heavy atom. The lowest BCUT2D eigenvalue weighted by molar-refractivity contribution is 0.0952. The Morgan fingerprint density at radius 3 is 2.70 bits per heavy atom. The van der Waals surface area contributed by atoms with E-state index in [0.29, 0.717) is 40.2 Å². The number of carbonyl (C=O) groups excluding carboxylic acids is 1. The van der Waals surface area contributed by atoms with Crippen molar-refractivity contribution in [3.8, 4) is 11.4 Å². The summed E-state index contributed by atoms with van der Waals surface area (Å²) >= 11 is 0. The number of amides is 1. The van der Waals surface area contributed by atoms with Crippen LogP contribution in [0.5, 0.6) is 0 Å². The molecule has 0 saturated carbocycles. The number of aromatic amines is 2. The summed E-state index contributed by atoms with van der Waals surface area (Å²) < 4.78 is 13.0. The molecule has 2 aromatic carbocycles. The van der Waals surface area contributed by atoms with Crippen LogP contribution in [0.2, 0.25) is 0 Å².